The van der Waals surface area contributed by atoms with Gasteiger partial charge in [-0.05, 0) is 84.3 Å². The third-order valence-electron chi connectivity index (χ3n) is 6.86. The summed E-state index contributed by atoms with van der Waals surface area (Å²) < 4.78 is 0. The molecule has 36 heavy (non-hydrogen) atoms. The second kappa shape index (κ2) is 9.95. The molecule has 0 unspecified atom stereocenters. The van der Waals surface area contributed by atoms with Gasteiger partial charge in [-0.2, -0.15) is 0 Å². The van der Waals surface area contributed by atoms with Crippen LogP contribution in [0.25, 0.3) is 11.3 Å². The maximum Gasteiger partial charge on any atom is 0.0740 e. The van der Waals surface area contributed by atoms with Gasteiger partial charge in [0, 0.05) is 11.8 Å². The minimum absolute atomic E-state index is 0.0309. The number of hydrogen-bond acceptors (Lipinski definition) is 1. The molecule has 0 radical (unpaired) electrons. The Kier molecular flexibility index (Phi) is 7.27. The summed E-state index contributed by atoms with van der Waals surface area (Å²) in [6.07, 6.45) is 1.94. The topological polar surface area (TPSA) is 12.9 Å². The summed E-state index contributed by atoms with van der Waals surface area (Å²) in [5, 5.41) is 4.15. The lowest BCUT2D eigenvalue weighted by atomic mass is 9.77. The zero-order valence-electron chi connectivity index (χ0n) is 23.4. The van der Waals surface area contributed by atoms with Gasteiger partial charge in [-0.1, -0.05) is 113 Å². The molecule has 0 saturated heterocycles. The lowest BCUT2D eigenvalue weighted by molar-refractivity contribution is 0.570. The number of nitrogens with zero attached hydrogens (tertiary/aromatic N) is 1. The van der Waals surface area contributed by atoms with Crippen molar-refractivity contribution < 1.29 is 0 Å². The van der Waals surface area contributed by atoms with Gasteiger partial charge in [0.25, 0.3) is 0 Å². The highest BCUT2D eigenvalue weighted by Gasteiger charge is 2.30. The number of rotatable bonds is 4. The zero-order valence-corrected chi connectivity index (χ0v) is 24.3. The lowest BCUT2D eigenvalue weighted by Crippen LogP contribution is -2.28. The summed E-state index contributed by atoms with van der Waals surface area (Å²) in [6, 6.07) is 27.5. The summed E-state index contributed by atoms with van der Waals surface area (Å²) in [7, 11) is -0.794. The summed E-state index contributed by atoms with van der Waals surface area (Å²) in [4.78, 5) is 4.98. The first-order valence-electron chi connectivity index (χ1n) is 12.9. The van der Waals surface area contributed by atoms with Crippen LogP contribution in [0.1, 0.15) is 69.4 Å². The number of aromatic nitrogens is 1. The quantitative estimate of drug-likeness (QED) is 0.262. The van der Waals surface area contributed by atoms with Gasteiger partial charge in [-0.3, -0.25) is 4.98 Å². The molecule has 0 aliphatic carbocycles. The first-order valence-corrected chi connectivity index (χ1v) is 14.2. The Morgan fingerprint density at radius 3 is 1.61 bits per heavy atom. The fourth-order valence-corrected chi connectivity index (χ4v) is 7.11. The normalized spacial score (nSPS) is 12.3. The largest absolute Gasteiger partial charge is 0.256 e. The third kappa shape index (κ3) is 5.47. The van der Waals surface area contributed by atoms with Crippen LogP contribution in [0.3, 0.4) is 0 Å². The van der Waals surface area contributed by atoms with Crippen LogP contribution in [0.5, 0.6) is 0 Å². The van der Waals surface area contributed by atoms with Crippen molar-refractivity contribution in [3.63, 3.8) is 0 Å². The minimum Gasteiger partial charge on any atom is -0.256 e. The maximum atomic E-state index is 4.98. The fourth-order valence-electron chi connectivity index (χ4n) is 4.64. The molecule has 4 rings (SSSR count). The molecule has 0 amide bonds. The standard InChI is InChI=1S/C34H40NP/c1-23-12-16-27(17-13-23)36(28-18-14-24(2)15-19-28)30-22-26(33(4,5)6)21-29(34(7,8)9)31(30)32-25(3)11-10-20-35-32/h10-22H,1-9H3. The first-order chi connectivity index (χ1) is 16.9. The van der Waals surface area contributed by atoms with E-state index in [9.17, 15) is 0 Å². The SMILES string of the molecule is Cc1ccc(P(c2ccc(C)cc2)c2cc(C(C)(C)C)cc(C(C)(C)C)c2-c2ncccc2C)cc1. The molecule has 0 bridgehead atoms. The molecule has 0 aliphatic heterocycles. The van der Waals surface area contributed by atoms with Crippen molar-refractivity contribution in [1.29, 1.82) is 0 Å². The molecule has 1 heterocycles. The summed E-state index contributed by atoms with van der Waals surface area (Å²) in [6.45, 7) is 20.5. The van der Waals surface area contributed by atoms with E-state index in [4.69, 9.17) is 4.98 Å². The second-order valence-corrected chi connectivity index (χ2v) is 14.3. The van der Waals surface area contributed by atoms with Crippen LogP contribution < -0.4 is 15.9 Å². The monoisotopic (exact) mass is 493 g/mol. The fraction of sp³-hybridized carbons (Fsp3) is 0.324. The number of benzene rings is 3. The first kappa shape index (κ1) is 26.3. The smallest absolute Gasteiger partial charge is 0.0740 e. The second-order valence-electron chi connectivity index (χ2n) is 12.1. The summed E-state index contributed by atoms with van der Waals surface area (Å²) >= 11 is 0. The molecule has 3 aromatic carbocycles. The van der Waals surface area contributed by atoms with E-state index >= 15 is 0 Å². The Hall–Kier alpha value is -2.76. The molecule has 0 atom stereocenters. The van der Waals surface area contributed by atoms with Crippen LogP contribution in [-0.2, 0) is 10.8 Å². The molecule has 0 spiro atoms. The van der Waals surface area contributed by atoms with Gasteiger partial charge in [0.15, 0.2) is 0 Å². The predicted molar refractivity (Wildman–Crippen MR) is 160 cm³/mol. The number of pyridine rings is 1. The van der Waals surface area contributed by atoms with Gasteiger partial charge in [0.2, 0.25) is 0 Å². The molecule has 186 valence electrons. The Balaban J connectivity index is 2.18. The predicted octanol–water partition coefficient (Wildman–Crippen LogP) is 8.03. The summed E-state index contributed by atoms with van der Waals surface area (Å²) in [5.41, 5.74) is 8.96. The van der Waals surface area contributed by atoms with Crippen LogP contribution in [0.15, 0.2) is 79.0 Å². The van der Waals surface area contributed by atoms with Gasteiger partial charge in [-0.25, -0.2) is 0 Å². The van der Waals surface area contributed by atoms with E-state index in [0.29, 0.717) is 0 Å². The van der Waals surface area contributed by atoms with Crippen LogP contribution in [0.4, 0.5) is 0 Å². The van der Waals surface area contributed by atoms with E-state index < -0.39 is 7.92 Å². The number of hydrogen-bond donors (Lipinski definition) is 0. The number of aryl methyl sites for hydroxylation is 3. The molecule has 4 aromatic rings. The molecule has 0 aliphatic rings. The Labute approximate surface area is 219 Å². The van der Waals surface area contributed by atoms with Gasteiger partial charge < -0.3 is 0 Å². The van der Waals surface area contributed by atoms with Crippen LogP contribution in [0, 0.1) is 20.8 Å². The molecule has 0 fully saturated rings. The molecule has 0 saturated carbocycles. The van der Waals surface area contributed by atoms with E-state index in [0.717, 1.165) is 5.69 Å². The Morgan fingerprint density at radius 1 is 0.639 bits per heavy atom. The van der Waals surface area contributed by atoms with Crippen molar-refractivity contribution >= 4 is 23.8 Å². The van der Waals surface area contributed by atoms with E-state index in [-0.39, 0.29) is 10.8 Å². The third-order valence-corrected chi connectivity index (χ3v) is 9.33. The van der Waals surface area contributed by atoms with Gasteiger partial charge in [0.1, 0.15) is 0 Å². The molecular formula is C34H40NP. The van der Waals surface area contributed by atoms with E-state index in [1.54, 1.807) is 0 Å². The maximum absolute atomic E-state index is 4.98. The van der Waals surface area contributed by atoms with Crippen molar-refractivity contribution in [3.8, 4) is 11.3 Å². The van der Waals surface area contributed by atoms with Crippen LogP contribution >= 0.6 is 7.92 Å². The van der Waals surface area contributed by atoms with Gasteiger partial charge in [-0.15, -0.1) is 0 Å². The average molecular weight is 494 g/mol. The Morgan fingerprint density at radius 2 is 1.17 bits per heavy atom. The van der Waals surface area contributed by atoms with Crippen LogP contribution in [-0.4, -0.2) is 4.98 Å². The van der Waals surface area contributed by atoms with Crippen LogP contribution in [0.2, 0.25) is 0 Å². The van der Waals surface area contributed by atoms with Crippen molar-refractivity contribution in [2.75, 3.05) is 0 Å². The van der Waals surface area contributed by atoms with Crippen molar-refractivity contribution in [3.05, 3.63) is 107 Å². The highest BCUT2D eigenvalue weighted by Crippen LogP contribution is 2.43. The highest BCUT2D eigenvalue weighted by atomic mass is 31.1. The van der Waals surface area contributed by atoms with E-state index in [1.165, 1.54) is 49.3 Å². The molecule has 2 heteroatoms. The molecule has 1 aromatic heterocycles. The summed E-state index contributed by atoms with van der Waals surface area (Å²) in [5.74, 6) is 0. The van der Waals surface area contributed by atoms with E-state index in [1.807, 2.05) is 12.3 Å². The molecule has 1 nitrogen and oxygen atoms in total. The highest BCUT2D eigenvalue weighted by molar-refractivity contribution is 7.80. The van der Waals surface area contributed by atoms with Gasteiger partial charge in [0.05, 0.1) is 5.69 Å². The van der Waals surface area contributed by atoms with Crippen molar-refractivity contribution in [1.82, 2.24) is 4.98 Å². The lowest BCUT2D eigenvalue weighted by Gasteiger charge is -2.32. The Bertz CT molecular complexity index is 1310. The average Bonchev–Trinajstić information content (AvgIpc) is 2.80. The van der Waals surface area contributed by atoms with E-state index in [2.05, 4.69) is 129 Å². The molecule has 0 N–H and O–H groups in total. The molecular weight excluding hydrogens is 453 g/mol. The van der Waals surface area contributed by atoms with Crippen molar-refractivity contribution in [2.45, 2.75) is 73.1 Å². The zero-order chi connectivity index (χ0) is 26.3. The van der Waals surface area contributed by atoms with Crippen molar-refractivity contribution in [2.24, 2.45) is 0 Å². The minimum atomic E-state index is -0.794. The van der Waals surface area contributed by atoms with Gasteiger partial charge >= 0.3 is 0 Å².